The van der Waals surface area contributed by atoms with E-state index in [0.29, 0.717) is 0 Å². The number of carbonyl (C=O) groups excluding carboxylic acids is 2. The van der Waals surface area contributed by atoms with Crippen molar-refractivity contribution < 1.29 is 23.8 Å². The highest BCUT2D eigenvalue weighted by Gasteiger charge is 2.37. The van der Waals surface area contributed by atoms with Crippen molar-refractivity contribution in [1.29, 1.82) is 0 Å². The van der Waals surface area contributed by atoms with Gasteiger partial charge in [0.05, 0.1) is 13.0 Å². The lowest BCUT2D eigenvalue weighted by atomic mass is 10.0. The summed E-state index contributed by atoms with van der Waals surface area (Å²) in [5.74, 6) is -2.70. The molecule has 0 aromatic heterocycles. The van der Waals surface area contributed by atoms with E-state index in [9.17, 15) is 19.0 Å². The van der Waals surface area contributed by atoms with Crippen molar-refractivity contribution in [2.24, 2.45) is 5.92 Å². The number of hydrogen-bond acceptors (Lipinski definition) is 4. The van der Waals surface area contributed by atoms with Gasteiger partial charge in [0, 0.05) is 19.5 Å². The molecule has 0 fully saturated rings. The number of amides is 1. The molecule has 2 rings (SSSR count). The van der Waals surface area contributed by atoms with E-state index in [1.807, 2.05) is 60.7 Å². The fourth-order valence-electron chi connectivity index (χ4n) is 3.10. The maximum atomic E-state index is 13.2. The van der Waals surface area contributed by atoms with E-state index in [1.54, 1.807) is 0 Å². The van der Waals surface area contributed by atoms with Gasteiger partial charge in [-0.05, 0) is 17.5 Å². The van der Waals surface area contributed by atoms with Crippen LogP contribution >= 0.6 is 7.37 Å². The summed E-state index contributed by atoms with van der Waals surface area (Å²) in [4.78, 5) is 34.7. The molecule has 0 aliphatic heterocycles. The van der Waals surface area contributed by atoms with Gasteiger partial charge >= 0.3 is 5.97 Å². The van der Waals surface area contributed by atoms with Gasteiger partial charge in [0.1, 0.15) is 5.78 Å². The molecule has 0 aliphatic rings. The van der Waals surface area contributed by atoms with Crippen LogP contribution in [0.15, 0.2) is 60.7 Å². The van der Waals surface area contributed by atoms with Crippen molar-refractivity contribution in [3.8, 4) is 0 Å². The number of esters is 1. The van der Waals surface area contributed by atoms with Gasteiger partial charge in [0.25, 0.3) is 0 Å². The number of methoxy groups -OCH3 is 1. The third-order valence-electron chi connectivity index (χ3n) is 4.47. The molecule has 0 radical (unpaired) electrons. The van der Waals surface area contributed by atoms with Crippen molar-refractivity contribution >= 4 is 19.2 Å². The molecular formula is C21H26NO5P. The van der Waals surface area contributed by atoms with Crippen LogP contribution in [0.4, 0.5) is 0 Å². The zero-order valence-electron chi connectivity index (χ0n) is 16.1. The van der Waals surface area contributed by atoms with Gasteiger partial charge in [-0.1, -0.05) is 60.7 Å². The second-order valence-electron chi connectivity index (χ2n) is 6.75. The Morgan fingerprint density at radius 2 is 1.50 bits per heavy atom. The largest absolute Gasteiger partial charge is 0.469 e. The van der Waals surface area contributed by atoms with Gasteiger partial charge < -0.3 is 14.9 Å². The summed E-state index contributed by atoms with van der Waals surface area (Å²) < 4.78 is 18.1. The first-order chi connectivity index (χ1) is 13.3. The summed E-state index contributed by atoms with van der Waals surface area (Å²) in [6.07, 6.45) is 0.218. The average molecular weight is 403 g/mol. The fourth-order valence-corrected chi connectivity index (χ4v) is 5.14. The first-order valence-electron chi connectivity index (χ1n) is 9.06. The normalized spacial score (nSPS) is 15.1. The molecule has 150 valence electrons. The highest BCUT2D eigenvalue weighted by molar-refractivity contribution is 7.58. The Hall–Kier alpha value is -2.43. The van der Waals surface area contributed by atoms with E-state index < -0.39 is 30.9 Å². The molecule has 2 aromatic carbocycles. The van der Waals surface area contributed by atoms with E-state index in [1.165, 1.54) is 14.0 Å². The molecule has 0 spiro atoms. The number of rotatable bonds is 9. The maximum Gasteiger partial charge on any atom is 0.309 e. The lowest BCUT2D eigenvalue weighted by Crippen LogP contribution is -2.37. The number of nitrogens with one attached hydrogen (secondary N) is 1. The molecule has 2 aromatic rings. The zero-order chi connectivity index (χ0) is 20.6. The Balaban J connectivity index is 2.23. The van der Waals surface area contributed by atoms with Crippen LogP contribution in [-0.4, -0.2) is 35.8 Å². The van der Waals surface area contributed by atoms with Crippen molar-refractivity contribution in [1.82, 2.24) is 5.32 Å². The molecule has 0 saturated heterocycles. The van der Waals surface area contributed by atoms with Crippen LogP contribution in [0.3, 0.4) is 0 Å². The van der Waals surface area contributed by atoms with Gasteiger partial charge in [-0.2, -0.15) is 0 Å². The molecule has 7 heteroatoms. The van der Waals surface area contributed by atoms with Crippen LogP contribution in [0.5, 0.6) is 0 Å². The van der Waals surface area contributed by atoms with Gasteiger partial charge in [-0.3, -0.25) is 14.2 Å². The summed E-state index contributed by atoms with van der Waals surface area (Å²) in [7, 11) is -2.65. The number of ether oxygens (including phenoxy) is 1. The molecular weight excluding hydrogens is 377 g/mol. The zero-order valence-corrected chi connectivity index (χ0v) is 17.0. The molecule has 0 heterocycles. The molecule has 3 unspecified atom stereocenters. The summed E-state index contributed by atoms with van der Waals surface area (Å²) in [5.41, 5.74) is 1.70. The first kappa shape index (κ1) is 21.9. The minimum Gasteiger partial charge on any atom is -0.469 e. The molecule has 6 nitrogen and oxygen atoms in total. The Labute approximate surface area is 165 Å². The Morgan fingerprint density at radius 1 is 1.00 bits per heavy atom. The second kappa shape index (κ2) is 10.2. The summed E-state index contributed by atoms with van der Waals surface area (Å²) in [6.45, 7) is 1.31. The summed E-state index contributed by atoms with van der Waals surface area (Å²) in [6, 6.07) is 18.4. The van der Waals surface area contributed by atoms with Gasteiger partial charge in [0.2, 0.25) is 13.3 Å². The third-order valence-corrected chi connectivity index (χ3v) is 6.72. The smallest absolute Gasteiger partial charge is 0.309 e. The van der Waals surface area contributed by atoms with Crippen molar-refractivity contribution in [3.05, 3.63) is 71.8 Å². The second-order valence-corrected chi connectivity index (χ2v) is 9.25. The fraction of sp³-hybridized carbons (Fsp3) is 0.333. The van der Waals surface area contributed by atoms with Crippen LogP contribution in [0, 0.1) is 5.92 Å². The van der Waals surface area contributed by atoms with E-state index in [-0.39, 0.29) is 19.0 Å². The highest BCUT2D eigenvalue weighted by Crippen LogP contribution is 2.48. The molecule has 28 heavy (non-hydrogen) atoms. The third kappa shape index (κ3) is 6.63. The topological polar surface area (TPSA) is 92.7 Å². The van der Waals surface area contributed by atoms with Crippen LogP contribution in [0.2, 0.25) is 0 Å². The molecule has 0 bridgehead atoms. The van der Waals surface area contributed by atoms with Crippen molar-refractivity contribution in [2.75, 3.05) is 13.3 Å². The first-order valence-corrected chi connectivity index (χ1v) is 11.0. The van der Waals surface area contributed by atoms with Crippen LogP contribution in [0.25, 0.3) is 0 Å². The predicted molar refractivity (Wildman–Crippen MR) is 108 cm³/mol. The van der Waals surface area contributed by atoms with E-state index in [4.69, 9.17) is 4.74 Å². The quantitative estimate of drug-likeness (QED) is 0.496. The summed E-state index contributed by atoms with van der Waals surface area (Å²) in [5, 5.41) is 2.59. The Kier molecular flexibility index (Phi) is 7.97. The average Bonchev–Trinajstić information content (AvgIpc) is 2.67. The Bertz CT molecular complexity index is 825. The molecule has 2 N–H and O–H groups in total. The van der Waals surface area contributed by atoms with Crippen LogP contribution < -0.4 is 5.32 Å². The van der Waals surface area contributed by atoms with E-state index in [2.05, 4.69) is 5.32 Å². The van der Waals surface area contributed by atoms with Crippen molar-refractivity contribution in [3.63, 3.8) is 0 Å². The lowest BCUT2D eigenvalue weighted by Gasteiger charge is -2.26. The van der Waals surface area contributed by atoms with Crippen LogP contribution in [0.1, 0.15) is 18.1 Å². The monoisotopic (exact) mass is 403 g/mol. The van der Waals surface area contributed by atoms with Gasteiger partial charge in [-0.15, -0.1) is 0 Å². The highest BCUT2D eigenvalue weighted by atomic mass is 31.2. The minimum absolute atomic E-state index is 0.202. The van der Waals surface area contributed by atoms with Crippen molar-refractivity contribution in [2.45, 2.75) is 25.5 Å². The number of carbonyl (C=O) groups is 2. The SMILES string of the molecule is COC(=O)C(Cc1ccccc1)CP(=O)(O)C(Cc1ccccc1)NC(C)=O. The molecule has 3 atom stereocenters. The van der Waals surface area contributed by atoms with Gasteiger partial charge in [0.15, 0.2) is 0 Å². The Morgan fingerprint density at radius 3 is 1.96 bits per heavy atom. The van der Waals surface area contributed by atoms with E-state index >= 15 is 0 Å². The maximum absolute atomic E-state index is 13.2. The summed E-state index contributed by atoms with van der Waals surface area (Å²) >= 11 is 0. The minimum atomic E-state index is -3.91. The number of hydrogen-bond donors (Lipinski definition) is 2. The molecule has 0 aliphatic carbocycles. The number of benzene rings is 2. The molecule has 1 amide bonds. The molecule has 0 saturated carbocycles. The van der Waals surface area contributed by atoms with Gasteiger partial charge in [-0.25, -0.2) is 0 Å². The lowest BCUT2D eigenvalue weighted by molar-refractivity contribution is -0.144. The standard InChI is InChI=1S/C21H26NO5P/c1-16(23)22-20(14-18-11-7-4-8-12-18)28(25,26)15-19(21(24)27-2)13-17-9-5-3-6-10-17/h3-12,19-20H,13-15H2,1-2H3,(H,22,23)(H,25,26). The predicted octanol–water partition coefficient (Wildman–Crippen LogP) is 2.99. The van der Waals surface area contributed by atoms with E-state index in [0.717, 1.165) is 11.1 Å². The van der Waals surface area contributed by atoms with Crippen LogP contribution in [-0.2, 0) is 31.7 Å².